The summed E-state index contributed by atoms with van der Waals surface area (Å²) in [4.78, 5) is 36.3. The van der Waals surface area contributed by atoms with Gasteiger partial charge in [-0.1, -0.05) is 0 Å². The van der Waals surface area contributed by atoms with Gasteiger partial charge in [-0.3, -0.25) is 14.4 Å². The number of nitrogens with one attached hydrogen (secondary N) is 2. The highest BCUT2D eigenvalue weighted by Crippen LogP contribution is 2.40. The number of anilines is 1. The molecule has 1 aliphatic rings. The van der Waals surface area contributed by atoms with E-state index in [0.717, 1.165) is 10.4 Å². The first-order chi connectivity index (χ1) is 11.2. The molecule has 2 rings (SSSR count). The van der Waals surface area contributed by atoms with Crippen LogP contribution >= 0.6 is 11.3 Å². The average molecular weight is 355 g/mol. The Morgan fingerprint density at radius 3 is 2.67 bits per heavy atom. The number of fused-ring (bicyclic) bond motifs is 1. The second-order valence-corrected chi connectivity index (χ2v) is 7.19. The Kier molecular flexibility index (Phi) is 5.58. The Labute approximate surface area is 143 Å². The molecule has 0 unspecified atom stereocenters. The fourth-order valence-corrected chi connectivity index (χ4v) is 3.55. The van der Waals surface area contributed by atoms with E-state index in [1.807, 2.05) is 13.8 Å². The molecule has 132 valence electrons. The maximum Gasteiger partial charge on any atom is 0.314 e. The van der Waals surface area contributed by atoms with Crippen molar-refractivity contribution in [3.05, 3.63) is 16.0 Å². The SMILES string of the molecule is CC1(C)Cc2c(sc(NC(=O)C(=O)NCCCO)c2C(N)=O)CO1. The highest BCUT2D eigenvalue weighted by atomic mass is 32.1. The zero-order valence-electron chi connectivity index (χ0n) is 13.6. The molecule has 0 fully saturated rings. The van der Waals surface area contributed by atoms with Gasteiger partial charge < -0.3 is 26.2 Å². The van der Waals surface area contributed by atoms with E-state index in [1.165, 1.54) is 11.3 Å². The molecule has 0 saturated carbocycles. The molecule has 0 bridgehead atoms. The van der Waals surface area contributed by atoms with Crippen molar-refractivity contribution < 1.29 is 24.2 Å². The molecule has 5 N–H and O–H groups in total. The van der Waals surface area contributed by atoms with Crippen LogP contribution in [-0.4, -0.2) is 41.6 Å². The van der Waals surface area contributed by atoms with Crippen LogP contribution in [0, 0.1) is 0 Å². The molecule has 24 heavy (non-hydrogen) atoms. The summed E-state index contributed by atoms with van der Waals surface area (Å²) in [6.45, 7) is 4.25. The lowest BCUT2D eigenvalue weighted by atomic mass is 9.93. The van der Waals surface area contributed by atoms with Gasteiger partial charge in [0, 0.05) is 24.4 Å². The summed E-state index contributed by atoms with van der Waals surface area (Å²) in [6, 6.07) is 0. The quantitative estimate of drug-likeness (QED) is 0.441. The predicted octanol–water partition coefficient (Wildman–Crippen LogP) is 0.135. The topological polar surface area (TPSA) is 131 Å². The van der Waals surface area contributed by atoms with Crippen LogP contribution in [0.4, 0.5) is 5.00 Å². The number of aliphatic hydroxyl groups excluding tert-OH is 1. The third-order valence-electron chi connectivity index (χ3n) is 3.59. The third kappa shape index (κ3) is 4.11. The first-order valence-electron chi connectivity index (χ1n) is 7.53. The van der Waals surface area contributed by atoms with Gasteiger partial charge in [0.2, 0.25) is 0 Å². The van der Waals surface area contributed by atoms with E-state index < -0.39 is 23.3 Å². The van der Waals surface area contributed by atoms with Crippen LogP contribution in [0.5, 0.6) is 0 Å². The lowest BCUT2D eigenvalue weighted by Gasteiger charge is -2.30. The fraction of sp³-hybridized carbons (Fsp3) is 0.533. The van der Waals surface area contributed by atoms with Crippen molar-refractivity contribution in [2.45, 2.75) is 38.9 Å². The Balaban J connectivity index is 2.19. The number of rotatable bonds is 5. The minimum Gasteiger partial charge on any atom is -0.396 e. The van der Waals surface area contributed by atoms with Gasteiger partial charge >= 0.3 is 11.8 Å². The normalized spacial score (nSPS) is 15.5. The summed E-state index contributed by atoms with van der Waals surface area (Å²) in [6.07, 6.45) is 0.848. The first-order valence-corrected chi connectivity index (χ1v) is 8.35. The molecule has 0 aromatic carbocycles. The van der Waals surface area contributed by atoms with E-state index in [4.69, 9.17) is 15.6 Å². The molecule has 9 heteroatoms. The number of carbonyl (C=O) groups is 3. The van der Waals surface area contributed by atoms with Crippen LogP contribution in [0.25, 0.3) is 0 Å². The van der Waals surface area contributed by atoms with Crippen molar-refractivity contribution in [1.82, 2.24) is 5.32 Å². The Morgan fingerprint density at radius 1 is 1.33 bits per heavy atom. The zero-order chi connectivity index (χ0) is 17.9. The van der Waals surface area contributed by atoms with Crippen molar-refractivity contribution in [3.8, 4) is 0 Å². The van der Waals surface area contributed by atoms with Crippen LogP contribution in [0.1, 0.15) is 41.1 Å². The molecular weight excluding hydrogens is 334 g/mol. The Hall–Kier alpha value is -1.97. The second-order valence-electron chi connectivity index (χ2n) is 6.08. The minimum absolute atomic E-state index is 0.0822. The van der Waals surface area contributed by atoms with Crippen LogP contribution in [-0.2, 0) is 27.4 Å². The van der Waals surface area contributed by atoms with E-state index in [2.05, 4.69) is 10.6 Å². The monoisotopic (exact) mass is 355 g/mol. The molecule has 2 heterocycles. The zero-order valence-corrected chi connectivity index (χ0v) is 14.4. The highest BCUT2D eigenvalue weighted by molar-refractivity contribution is 7.17. The van der Waals surface area contributed by atoms with Crippen LogP contribution in [0.3, 0.4) is 0 Å². The number of hydrogen-bond donors (Lipinski definition) is 4. The van der Waals surface area contributed by atoms with Gasteiger partial charge in [-0.05, 0) is 25.8 Å². The fourth-order valence-electron chi connectivity index (χ4n) is 2.42. The molecule has 0 spiro atoms. The highest BCUT2D eigenvalue weighted by Gasteiger charge is 2.33. The van der Waals surface area contributed by atoms with Gasteiger partial charge in [0.25, 0.3) is 5.91 Å². The molecule has 0 saturated heterocycles. The molecule has 1 aromatic rings. The maximum absolute atomic E-state index is 12.0. The van der Waals surface area contributed by atoms with E-state index >= 15 is 0 Å². The molecule has 0 aliphatic carbocycles. The van der Waals surface area contributed by atoms with Gasteiger partial charge in [-0.15, -0.1) is 11.3 Å². The molecule has 1 aromatic heterocycles. The number of nitrogens with two attached hydrogens (primary N) is 1. The number of thiophene rings is 1. The van der Waals surface area contributed by atoms with Crippen LogP contribution in [0.15, 0.2) is 0 Å². The number of ether oxygens (including phenoxy) is 1. The van der Waals surface area contributed by atoms with Gasteiger partial charge in [-0.25, -0.2) is 0 Å². The van der Waals surface area contributed by atoms with E-state index in [1.54, 1.807) is 0 Å². The van der Waals surface area contributed by atoms with Crippen molar-refractivity contribution in [3.63, 3.8) is 0 Å². The van der Waals surface area contributed by atoms with E-state index in [-0.39, 0.29) is 23.7 Å². The molecular formula is C15H21N3O5S. The Bertz CT molecular complexity index is 668. The summed E-state index contributed by atoms with van der Waals surface area (Å²) in [5, 5.41) is 13.8. The maximum atomic E-state index is 12.0. The Morgan fingerprint density at radius 2 is 2.04 bits per heavy atom. The van der Waals surface area contributed by atoms with Gasteiger partial charge in [0.1, 0.15) is 5.00 Å². The first kappa shape index (κ1) is 18.4. The molecule has 8 nitrogen and oxygen atoms in total. The van der Waals surface area contributed by atoms with Crippen molar-refractivity contribution in [2.24, 2.45) is 5.73 Å². The van der Waals surface area contributed by atoms with Gasteiger partial charge in [-0.2, -0.15) is 0 Å². The summed E-state index contributed by atoms with van der Waals surface area (Å²) in [5.41, 5.74) is 6.04. The second kappa shape index (κ2) is 7.29. The number of primary amides is 1. The lowest BCUT2D eigenvalue weighted by Crippen LogP contribution is -2.36. The molecule has 3 amide bonds. The standard InChI is InChI=1S/C15H21N3O5S/c1-15(2)6-8-9(7-23-15)24-14(10(8)11(16)20)18-13(22)12(21)17-4-3-5-19/h19H,3-7H2,1-2H3,(H2,16,20)(H,17,21)(H,18,22). The largest absolute Gasteiger partial charge is 0.396 e. The van der Waals surface area contributed by atoms with Gasteiger partial charge in [0.15, 0.2) is 0 Å². The summed E-state index contributed by atoms with van der Waals surface area (Å²) < 4.78 is 5.70. The third-order valence-corrected chi connectivity index (χ3v) is 4.71. The number of aliphatic hydroxyl groups is 1. The van der Waals surface area contributed by atoms with Crippen LogP contribution < -0.4 is 16.4 Å². The number of hydrogen-bond acceptors (Lipinski definition) is 6. The molecule has 0 atom stereocenters. The van der Waals surface area contributed by atoms with E-state index in [9.17, 15) is 14.4 Å². The summed E-state index contributed by atoms with van der Waals surface area (Å²) >= 11 is 1.19. The average Bonchev–Trinajstić information content (AvgIpc) is 2.83. The minimum atomic E-state index is -0.880. The summed E-state index contributed by atoms with van der Waals surface area (Å²) in [5.74, 6) is -2.36. The number of carbonyl (C=O) groups excluding carboxylic acids is 3. The van der Waals surface area contributed by atoms with Gasteiger partial charge in [0.05, 0.1) is 17.8 Å². The predicted molar refractivity (Wildman–Crippen MR) is 88.8 cm³/mol. The van der Waals surface area contributed by atoms with Crippen molar-refractivity contribution in [2.75, 3.05) is 18.5 Å². The molecule has 0 radical (unpaired) electrons. The smallest absolute Gasteiger partial charge is 0.314 e. The van der Waals surface area contributed by atoms with Crippen LogP contribution in [0.2, 0.25) is 0 Å². The van der Waals surface area contributed by atoms with Crippen molar-refractivity contribution in [1.29, 1.82) is 0 Å². The van der Waals surface area contributed by atoms with Crippen molar-refractivity contribution >= 4 is 34.1 Å². The number of amides is 3. The summed E-state index contributed by atoms with van der Waals surface area (Å²) in [7, 11) is 0. The molecule has 1 aliphatic heterocycles. The lowest BCUT2D eigenvalue weighted by molar-refractivity contribution is -0.136. The van der Waals surface area contributed by atoms with E-state index in [0.29, 0.717) is 19.4 Å².